The van der Waals surface area contributed by atoms with Crippen molar-refractivity contribution in [3.8, 4) is 0 Å². The zero-order valence-electron chi connectivity index (χ0n) is 9.70. The largest absolute Gasteiger partial charge is 0.481 e. The van der Waals surface area contributed by atoms with Crippen LogP contribution in [0, 0.1) is 0 Å². The topological polar surface area (TPSA) is 110 Å². The SMILES string of the molecule is O=C(O)CCc1nc(CC2CCCS2(=O)=O)no1. The lowest BCUT2D eigenvalue weighted by molar-refractivity contribution is -0.137. The number of rotatable bonds is 5. The van der Waals surface area contributed by atoms with Crippen LogP contribution in [-0.2, 0) is 27.5 Å². The van der Waals surface area contributed by atoms with E-state index in [-0.39, 0.29) is 30.9 Å². The highest BCUT2D eigenvalue weighted by Gasteiger charge is 2.32. The minimum atomic E-state index is -3.02. The van der Waals surface area contributed by atoms with Crippen molar-refractivity contribution in [1.29, 1.82) is 0 Å². The zero-order valence-corrected chi connectivity index (χ0v) is 10.5. The van der Waals surface area contributed by atoms with Crippen LogP contribution in [0.25, 0.3) is 0 Å². The van der Waals surface area contributed by atoms with E-state index in [1.807, 2.05) is 0 Å². The van der Waals surface area contributed by atoms with E-state index in [1.54, 1.807) is 0 Å². The predicted molar refractivity (Wildman–Crippen MR) is 60.8 cm³/mol. The molecule has 1 aliphatic rings. The van der Waals surface area contributed by atoms with Gasteiger partial charge >= 0.3 is 5.97 Å². The Balaban J connectivity index is 1.96. The minimum absolute atomic E-state index is 0.0800. The molecule has 1 aromatic rings. The van der Waals surface area contributed by atoms with Gasteiger partial charge in [0.05, 0.1) is 17.4 Å². The number of hydrogen-bond acceptors (Lipinski definition) is 6. The van der Waals surface area contributed by atoms with Crippen LogP contribution in [0.5, 0.6) is 0 Å². The summed E-state index contributed by atoms with van der Waals surface area (Å²) in [4.78, 5) is 14.4. The van der Waals surface area contributed by atoms with Gasteiger partial charge in [0, 0.05) is 12.8 Å². The fraction of sp³-hybridized carbons (Fsp3) is 0.700. The summed E-state index contributed by atoms with van der Waals surface area (Å²) in [5.74, 6) is -0.136. The molecule has 7 nitrogen and oxygen atoms in total. The number of carbonyl (C=O) groups is 1. The molecule has 0 aliphatic carbocycles. The van der Waals surface area contributed by atoms with Gasteiger partial charge in [0.2, 0.25) is 5.89 Å². The number of sulfone groups is 1. The first-order chi connectivity index (χ1) is 8.47. The molecule has 0 aromatic carbocycles. The summed E-state index contributed by atoms with van der Waals surface area (Å²) in [6, 6.07) is 0. The smallest absolute Gasteiger partial charge is 0.303 e. The molecule has 0 amide bonds. The summed E-state index contributed by atoms with van der Waals surface area (Å²) in [5, 5.41) is 11.8. The van der Waals surface area contributed by atoms with E-state index in [4.69, 9.17) is 9.63 Å². The molecule has 1 saturated heterocycles. The maximum atomic E-state index is 11.6. The van der Waals surface area contributed by atoms with E-state index in [9.17, 15) is 13.2 Å². The second-order valence-corrected chi connectivity index (χ2v) is 6.73. The molecule has 1 aliphatic heterocycles. The van der Waals surface area contributed by atoms with E-state index in [2.05, 4.69) is 10.1 Å². The van der Waals surface area contributed by atoms with E-state index >= 15 is 0 Å². The van der Waals surface area contributed by atoms with Gasteiger partial charge in [-0.1, -0.05) is 5.16 Å². The van der Waals surface area contributed by atoms with Crippen molar-refractivity contribution < 1.29 is 22.8 Å². The third-order valence-corrected chi connectivity index (χ3v) is 5.21. The van der Waals surface area contributed by atoms with Crippen molar-refractivity contribution >= 4 is 15.8 Å². The molecule has 100 valence electrons. The van der Waals surface area contributed by atoms with Gasteiger partial charge in [-0.2, -0.15) is 4.98 Å². The lowest BCUT2D eigenvalue weighted by atomic mass is 10.2. The molecule has 2 rings (SSSR count). The van der Waals surface area contributed by atoms with Crippen molar-refractivity contribution in [1.82, 2.24) is 10.1 Å². The van der Waals surface area contributed by atoms with Gasteiger partial charge < -0.3 is 9.63 Å². The summed E-state index contributed by atoms with van der Waals surface area (Å²) in [6.07, 6.45) is 1.64. The fourth-order valence-electron chi connectivity index (χ4n) is 1.98. The van der Waals surface area contributed by atoms with Crippen LogP contribution in [0.1, 0.15) is 31.0 Å². The third kappa shape index (κ3) is 3.06. The van der Waals surface area contributed by atoms with Gasteiger partial charge in [0.1, 0.15) is 0 Å². The van der Waals surface area contributed by atoms with Gasteiger partial charge in [-0.05, 0) is 12.8 Å². The molecule has 18 heavy (non-hydrogen) atoms. The number of carboxylic acid groups (broad SMARTS) is 1. The second kappa shape index (κ2) is 5.05. The highest BCUT2D eigenvalue weighted by atomic mass is 32.2. The fourth-order valence-corrected chi connectivity index (χ4v) is 3.81. The van der Waals surface area contributed by atoms with Gasteiger partial charge in [-0.3, -0.25) is 4.79 Å². The summed E-state index contributed by atoms with van der Waals surface area (Å²) >= 11 is 0. The molecule has 1 aromatic heterocycles. The molecule has 8 heteroatoms. The Kier molecular flexibility index (Phi) is 3.65. The first-order valence-electron chi connectivity index (χ1n) is 5.72. The molecule has 0 radical (unpaired) electrons. The number of aryl methyl sites for hydroxylation is 1. The first kappa shape index (κ1) is 13.0. The molecular formula is C10H14N2O5S. The Labute approximate surface area is 104 Å². The summed E-state index contributed by atoms with van der Waals surface area (Å²) < 4.78 is 28.1. The first-order valence-corrected chi connectivity index (χ1v) is 7.44. The summed E-state index contributed by atoms with van der Waals surface area (Å²) in [5.41, 5.74) is 0. The monoisotopic (exact) mass is 274 g/mol. The molecule has 1 N–H and O–H groups in total. The Bertz CT molecular complexity index is 536. The van der Waals surface area contributed by atoms with Gasteiger partial charge in [0.25, 0.3) is 0 Å². The van der Waals surface area contributed by atoms with Crippen LogP contribution in [0.2, 0.25) is 0 Å². The molecule has 0 saturated carbocycles. The number of hydrogen-bond donors (Lipinski definition) is 1. The van der Waals surface area contributed by atoms with Crippen LogP contribution in [0.3, 0.4) is 0 Å². The van der Waals surface area contributed by atoms with Crippen molar-refractivity contribution in [2.24, 2.45) is 0 Å². The summed E-state index contributed by atoms with van der Waals surface area (Å²) in [6.45, 7) is 0. The Morgan fingerprint density at radius 1 is 1.50 bits per heavy atom. The maximum absolute atomic E-state index is 11.6. The van der Waals surface area contributed by atoms with Crippen LogP contribution in [-0.4, -0.2) is 40.6 Å². The van der Waals surface area contributed by atoms with Gasteiger partial charge in [-0.25, -0.2) is 8.42 Å². The van der Waals surface area contributed by atoms with E-state index in [1.165, 1.54) is 0 Å². The van der Waals surface area contributed by atoms with Gasteiger partial charge in [-0.15, -0.1) is 0 Å². The molecule has 2 heterocycles. The van der Waals surface area contributed by atoms with E-state index in [0.29, 0.717) is 18.7 Å². The van der Waals surface area contributed by atoms with E-state index in [0.717, 1.165) is 0 Å². The normalized spacial score (nSPS) is 22.1. The Hall–Kier alpha value is -1.44. The zero-order chi connectivity index (χ0) is 13.2. The molecule has 1 fully saturated rings. The lowest BCUT2D eigenvalue weighted by Gasteiger charge is -2.04. The lowest BCUT2D eigenvalue weighted by Crippen LogP contribution is -2.19. The number of carboxylic acids is 1. The molecule has 1 atom stereocenters. The molecule has 1 unspecified atom stereocenters. The summed E-state index contributed by atoms with van der Waals surface area (Å²) in [7, 11) is -3.02. The Morgan fingerprint density at radius 3 is 2.89 bits per heavy atom. The number of aromatic nitrogens is 2. The van der Waals surface area contributed by atoms with Crippen LogP contribution in [0.15, 0.2) is 4.52 Å². The third-order valence-electron chi connectivity index (χ3n) is 2.94. The van der Waals surface area contributed by atoms with Crippen LogP contribution >= 0.6 is 0 Å². The number of aliphatic carboxylic acids is 1. The molecule has 0 spiro atoms. The quantitative estimate of drug-likeness (QED) is 0.816. The van der Waals surface area contributed by atoms with Crippen molar-refractivity contribution in [3.05, 3.63) is 11.7 Å². The highest BCUT2D eigenvalue weighted by Crippen LogP contribution is 2.22. The van der Waals surface area contributed by atoms with E-state index < -0.39 is 21.1 Å². The Morgan fingerprint density at radius 2 is 2.28 bits per heavy atom. The average Bonchev–Trinajstić information content (AvgIpc) is 2.84. The van der Waals surface area contributed by atoms with Crippen molar-refractivity contribution in [3.63, 3.8) is 0 Å². The van der Waals surface area contributed by atoms with Crippen LogP contribution in [0.4, 0.5) is 0 Å². The highest BCUT2D eigenvalue weighted by molar-refractivity contribution is 7.92. The minimum Gasteiger partial charge on any atom is -0.481 e. The average molecular weight is 274 g/mol. The molecular weight excluding hydrogens is 260 g/mol. The number of nitrogens with zero attached hydrogens (tertiary/aromatic N) is 2. The van der Waals surface area contributed by atoms with Gasteiger partial charge in [0.15, 0.2) is 15.7 Å². The van der Waals surface area contributed by atoms with Crippen molar-refractivity contribution in [2.75, 3.05) is 5.75 Å². The predicted octanol–water partition coefficient (Wildman–Crippen LogP) is 0.207. The maximum Gasteiger partial charge on any atom is 0.303 e. The standard InChI is InChI=1S/C10H14N2O5S/c13-10(14)4-3-9-11-8(12-17-9)6-7-2-1-5-18(7,15)16/h7H,1-6H2,(H,13,14). The van der Waals surface area contributed by atoms with Crippen LogP contribution < -0.4 is 0 Å². The second-order valence-electron chi connectivity index (χ2n) is 4.33. The van der Waals surface area contributed by atoms with Crippen molar-refractivity contribution in [2.45, 2.75) is 37.4 Å². The molecule has 0 bridgehead atoms.